The molecule has 2 aromatic carbocycles. The molecular formula is C17H13NO. The van der Waals surface area contributed by atoms with Crippen LogP contribution in [0.25, 0.3) is 0 Å². The molecule has 2 aliphatic rings. The monoisotopic (exact) mass is 247 g/mol. The molecule has 2 aliphatic heterocycles. The summed E-state index contributed by atoms with van der Waals surface area (Å²) in [6.07, 6.45) is 3.74. The van der Waals surface area contributed by atoms with Gasteiger partial charge in [0.25, 0.3) is 0 Å². The van der Waals surface area contributed by atoms with Crippen molar-refractivity contribution >= 4 is 11.5 Å². The van der Waals surface area contributed by atoms with Gasteiger partial charge in [-0.25, -0.2) is 0 Å². The largest absolute Gasteiger partial charge is 0.346 e. The minimum atomic E-state index is -0.159. The third kappa shape index (κ3) is 1.40. The van der Waals surface area contributed by atoms with Gasteiger partial charge < -0.3 is 4.90 Å². The molecule has 0 amide bonds. The molecule has 0 aromatic heterocycles. The van der Waals surface area contributed by atoms with Gasteiger partial charge in [0.1, 0.15) is 6.04 Å². The average molecular weight is 247 g/mol. The van der Waals surface area contributed by atoms with E-state index in [-0.39, 0.29) is 17.9 Å². The SMILES string of the molecule is O=C1C=CC2c3ccccc3C1N2c1ccccc1. The fraction of sp³-hybridized carbons (Fsp3) is 0.118. The number of anilines is 1. The lowest BCUT2D eigenvalue weighted by Crippen LogP contribution is -2.32. The highest BCUT2D eigenvalue weighted by Gasteiger charge is 2.42. The maximum atomic E-state index is 12.3. The molecule has 0 spiro atoms. The Labute approximate surface area is 112 Å². The second-order valence-electron chi connectivity index (χ2n) is 4.98. The van der Waals surface area contributed by atoms with Crippen LogP contribution in [-0.2, 0) is 4.79 Å². The van der Waals surface area contributed by atoms with Gasteiger partial charge >= 0.3 is 0 Å². The summed E-state index contributed by atoms with van der Waals surface area (Å²) in [6.45, 7) is 0. The number of para-hydroxylation sites is 1. The van der Waals surface area contributed by atoms with Crippen molar-refractivity contribution in [1.29, 1.82) is 0 Å². The van der Waals surface area contributed by atoms with E-state index >= 15 is 0 Å². The zero-order chi connectivity index (χ0) is 12.8. The molecule has 0 N–H and O–H groups in total. The van der Waals surface area contributed by atoms with Crippen molar-refractivity contribution in [2.75, 3.05) is 4.90 Å². The molecule has 0 saturated carbocycles. The molecule has 92 valence electrons. The van der Waals surface area contributed by atoms with Crippen molar-refractivity contribution in [3.63, 3.8) is 0 Å². The minimum absolute atomic E-state index is 0.159. The summed E-state index contributed by atoms with van der Waals surface area (Å²) in [7, 11) is 0. The predicted molar refractivity (Wildman–Crippen MR) is 75.0 cm³/mol. The summed E-state index contributed by atoms with van der Waals surface area (Å²) in [5.41, 5.74) is 3.50. The van der Waals surface area contributed by atoms with E-state index < -0.39 is 0 Å². The highest BCUT2D eigenvalue weighted by Crippen LogP contribution is 2.48. The van der Waals surface area contributed by atoms with Crippen LogP contribution in [0, 0.1) is 0 Å². The van der Waals surface area contributed by atoms with Gasteiger partial charge in [0, 0.05) is 5.69 Å². The Balaban J connectivity index is 1.93. The van der Waals surface area contributed by atoms with E-state index in [1.807, 2.05) is 36.4 Å². The molecule has 2 nitrogen and oxygen atoms in total. The molecule has 0 aliphatic carbocycles. The number of fused-ring (bicyclic) bond motifs is 5. The Morgan fingerprint density at radius 3 is 2.32 bits per heavy atom. The maximum Gasteiger partial charge on any atom is 0.182 e. The first-order valence-corrected chi connectivity index (χ1v) is 6.50. The zero-order valence-corrected chi connectivity index (χ0v) is 10.4. The lowest BCUT2D eigenvalue weighted by molar-refractivity contribution is -0.116. The Morgan fingerprint density at radius 2 is 1.53 bits per heavy atom. The fourth-order valence-corrected chi connectivity index (χ4v) is 3.16. The van der Waals surface area contributed by atoms with E-state index in [9.17, 15) is 4.79 Å². The van der Waals surface area contributed by atoms with Crippen molar-refractivity contribution in [1.82, 2.24) is 0 Å². The first-order chi connectivity index (χ1) is 9.36. The van der Waals surface area contributed by atoms with E-state index in [1.54, 1.807) is 6.08 Å². The average Bonchev–Trinajstić information content (AvgIpc) is 2.73. The number of carbonyl (C=O) groups is 1. The zero-order valence-electron chi connectivity index (χ0n) is 10.4. The standard InChI is InChI=1S/C17H13NO/c19-16-11-10-15-13-8-4-5-9-14(13)17(16)18(15)12-6-2-1-3-7-12/h1-11,15,17H. The fourth-order valence-electron chi connectivity index (χ4n) is 3.16. The molecule has 2 unspecified atom stereocenters. The van der Waals surface area contributed by atoms with Crippen LogP contribution < -0.4 is 4.90 Å². The van der Waals surface area contributed by atoms with Crippen molar-refractivity contribution in [2.24, 2.45) is 0 Å². The summed E-state index contributed by atoms with van der Waals surface area (Å²) in [6, 6.07) is 18.4. The van der Waals surface area contributed by atoms with Crippen molar-refractivity contribution in [2.45, 2.75) is 12.1 Å². The number of rotatable bonds is 1. The molecule has 2 heterocycles. The summed E-state index contributed by atoms with van der Waals surface area (Å²) in [5.74, 6) is 0.171. The summed E-state index contributed by atoms with van der Waals surface area (Å²) < 4.78 is 0. The molecule has 0 saturated heterocycles. The first kappa shape index (κ1) is 10.6. The Bertz CT molecular complexity index is 675. The van der Waals surface area contributed by atoms with Gasteiger partial charge in [0.05, 0.1) is 6.04 Å². The Kier molecular flexibility index (Phi) is 2.12. The maximum absolute atomic E-state index is 12.3. The summed E-state index contributed by atoms with van der Waals surface area (Å²) in [4.78, 5) is 14.5. The van der Waals surface area contributed by atoms with Crippen LogP contribution in [0.4, 0.5) is 5.69 Å². The van der Waals surface area contributed by atoms with Crippen molar-refractivity contribution in [3.8, 4) is 0 Å². The highest BCUT2D eigenvalue weighted by atomic mass is 16.1. The van der Waals surface area contributed by atoms with Crippen molar-refractivity contribution < 1.29 is 4.79 Å². The molecular weight excluding hydrogens is 234 g/mol. The first-order valence-electron chi connectivity index (χ1n) is 6.50. The molecule has 2 aromatic rings. The van der Waals surface area contributed by atoms with Crippen LogP contribution in [0.1, 0.15) is 23.2 Å². The lowest BCUT2D eigenvalue weighted by atomic mass is 10.0. The van der Waals surface area contributed by atoms with Crippen LogP contribution >= 0.6 is 0 Å². The number of nitrogens with zero attached hydrogens (tertiary/aromatic N) is 1. The third-order valence-electron chi connectivity index (χ3n) is 3.95. The van der Waals surface area contributed by atoms with E-state index in [4.69, 9.17) is 0 Å². The molecule has 0 fully saturated rings. The quantitative estimate of drug-likeness (QED) is 0.769. The van der Waals surface area contributed by atoms with Gasteiger partial charge in [0.15, 0.2) is 5.78 Å². The van der Waals surface area contributed by atoms with Gasteiger partial charge in [-0.1, -0.05) is 48.5 Å². The van der Waals surface area contributed by atoms with Crippen LogP contribution in [0.5, 0.6) is 0 Å². The molecule has 2 bridgehead atoms. The molecule has 0 radical (unpaired) electrons. The summed E-state index contributed by atoms with van der Waals surface area (Å²) in [5, 5.41) is 0. The van der Waals surface area contributed by atoms with Gasteiger partial charge in [-0.05, 0) is 29.3 Å². The minimum Gasteiger partial charge on any atom is -0.346 e. The Morgan fingerprint density at radius 1 is 0.842 bits per heavy atom. The van der Waals surface area contributed by atoms with Gasteiger partial charge in [-0.2, -0.15) is 0 Å². The molecule has 2 atom stereocenters. The normalized spacial score (nSPS) is 23.6. The lowest BCUT2D eigenvalue weighted by Gasteiger charge is -2.32. The highest BCUT2D eigenvalue weighted by molar-refractivity contribution is 6.01. The molecule has 19 heavy (non-hydrogen) atoms. The second kappa shape index (κ2) is 3.82. The van der Waals surface area contributed by atoms with E-state index in [0.717, 1.165) is 11.3 Å². The van der Waals surface area contributed by atoms with E-state index in [1.165, 1.54) is 5.56 Å². The predicted octanol–water partition coefficient (Wildman–Crippen LogP) is 3.43. The number of benzene rings is 2. The summed E-state index contributed by atoms with van der Waals surface area (Å²) >= 11 is 0. The van der Waals surface area contributed by atoms with Crippen LogP contribution in [0.15, 0.2) is 66.7 Å². The Hall–Kier alpha value is -2.35. The topological polar surface area (TPSA) is 20.3 Å². The smallest absolute Gasteiger partial charge is 0.182 e. The molecule has 2 heteroatoms. The molecule has 4 rings (SSSR count). The number of ketones is 1. The number of hydrogen-bond donors (Lipinski definition) is 0. The van der Waals surface area contributed by atoms with E-state index in [0.29, 0.717) is 0 Å². The van der Waals surface area contributed by atoms with Crippen LogP contribution in [0.2, 0.25) is 0 Å². The van der Waals surface area contributed by atoms with Crippen molar-refractivity contribution in [3.05, 3.63) is 77.9 Å². The van der Waals surface area contributed by atoms with Crippen LogP contribution in [0.3, 0.4) is 0 Å². The van der Waals surface area contributed by atoms with E-state index in [2.05, 4.69) is 29.2 Å². The number of carbonyl (C=O) groups excluding carboxylic acids is 1. The number of hydrogen-bond acceptors (Lipinski definition) is 2. The van der Waals surface area contributed by atoms with Gasteiger partial charge in [0.2, 0.25) is 0 Å². The second-order valence-corrected chi connectivity index (χ2v) is 4.98. The van der Waals surface area contributed by atoms with Gasteiger partial charge in [-0.3, -0.25) is 4.79 Å². The third-order valence-corrected chi connectivity index (χ3v) is 3.95. The van der Waals surface area contributed by atoms with Crippen LogP contribution in [-0.4, -0.2) is 5.78 Å². The van der Waals surface area contributed by atoms with Gasteiger partial charge in [-0.15, -0.1) is 0 Å².